The zero-order chi connectivity index (χ0) is 19.6. The Morgan fingerprint density at radius 1 is 1.33 bits per heavy atom. The molecule has 144 valence electrons. The summed E-state index contributed by atoms with van der Waals surface area (Å²) in [6, 6.07) is 7.96. The predicted octanol–water partition coefficient (Wildman–Crippen LogP) is 3.40. The number of urea groups is 1. The molecule has 1 aliphatic rings. The lowest BCUT2D eigenvalue weighted by atomic mass is 9.92. The number of rotatable bonds is 7. The average molecular weight is 429 g/mol. The first-order valence-corrected chi connectivity index (χ1v) is 9.82. The van der Waals surface area contributed by atoms with E-state index in [1.807, 2.05) is 17.5 Å². The molecule has 2 unspecified atom stereocenters. The van der Waals surface area contributed by atoms with Crippen LogP contribution >= 0.6 is 34.5 Å². The number of hydrogen-bond acceptors (Lipinski definition) is 5. The third-order valence-electron chi connectivity index (χ3n) is 4.27. The highest BCUT2D eigenvalue weighted by atomic mass is 35.5. The van der Waals surface area contributed by atoms with Gasteiger partial charge < -0.3 is 15.2 Å². The summed E-state index contributed by atoms with van der Waals surface area (Å²) in [5, 5.41) is 15.5. The molecule has 2 aromatic rings. The summed E-state index contributed by atoms with van der Waals surface area (Å²) >= 11 is 13.7. The van der Waals surface area contributed by atoms with E-state index in [1.54, 1.807) is 30.4 Å². The molecule has 0 spiro atoms. The van der Waals surface area contributed by atoms with Gasteiger partial charge in [0.15, 0.2) is 0 Å². The molecule has 9 heteroatoms. The van der Waals surface area contributed by atoms with Crippen LogP contribution in [0.4, 0.5) is 4.79 Å². The Kier molecular flexibility index (Phi) is 6.08. The minimum Gasteiger partial charge on any atom is -0.389 e. The molecule has 2 N–H and O–H groups in total. The fourth-order valence-corrected chi connectivity index (χ4v) is 4.13. The second kappa shape index (κ2) is 8.16. The number of nitrogens with zero attached hydrogens (tertiary/aromatic N) is 1. The van der Waals surface area contributed by atoms with Crippen molar-refractivity contribution in [2.45, 2.75) is 25.2 Å². The molecule has 0 aliphatic carbocycles. The summed E-state index contributed by atoms with van der Waals surface area (Å²) in [7, 11) is 0. The van der Waals surface area contributed by atoms with Gasteiger partial charge in [0.1, 0.15) is 5.54 Å². The molecular weight excluding hydrogens is 411 g/mol. The molecule has 3 rings (SSSR count). The number of thiophene rings is 1. The summed E-state index contributed by atoms with van der Waals surface area (Å²) in [5.74, 6) is -0.492. The first-order chi connectivity index (χ1) is 12.8. The van der Waals surface area contributed by atoms with Crippen molar-refractivity contribution in [3.05, 3.63) is 56.2 Å². The molecule has 1 aliphatic heterocycles. The van der Waals surface area contributed by atoms with E-state index in [2.05, 4.69) is 5.32 Å². The highest BCUT2D eigenvalue weighted by Gasteiger charge is 2.50. The van der Waals surface area contributed by atoms with Gasteiger partial charge in [-0.15, -0.1) is 11.3 Å². The van der Waals surface area contributed by atoms with Crippen LogP contribution in [0, 0.1) is 0 Å². The normalized spacial score (nSPS) is 20.8. The van der Waals surface area contributed by atoms with Gasteiger partial charge in [0.05, 0.1) is 25.9 Å². The van der Waals surface area contributed by atoms with E-state index in [1.165, 1.54) is 6.07 Å². The highest BCUT2D eigenvalue weighted by Crippen LogP contribution is 2.35. The first-order valence-electron chi connectivity index (χ1n) is 8.19. The summed E-state index contributed by atoms with van der Waals surface area (Å²) < 4.78 is 5.44. The van der Waals surface area contributed by atoms with Crippen molar-refractivity contribution >= 4 is 46.5 Å². The smallest absolute Gasteiger partial charge is 0.325 e. The maximum atomic E-state index is 12.9. The predicted molar refractivity (Wildman–Crippen MR) is 104 cm³/mol. The third-order valence-corrected chi connectivity index (χ3v) is 5.67. The lowest BCUT2D eigenvalue weighted by molar-refractivity contribution is -0.132. The topological polar surface area (TPSA) is 78.9 Å². The van der Waals surface area contributed by atoms with Crippen LogP contribution in [0.1, 0.15) is 17.4 Å². The van der Waals surface area contributed by atoms with E-state index in [9.17, 15) is 14.7 Å². The molecule has 3 amide bonds. The number of aliphatic hydroxyl groups is 1. The number of carbonyl (C=O) groups is 2. The number of aliphatic hydroxyl groups excluding tert-OH is 1. The van der Waals surface area contributed by atoms with E-state index in [4.69, 9.17) is 27.9 Å². The second-order valence-corrected chi connectivity index (χ2v) is 8.22. The minimum absolute atomic E-state index is 0.00732. The Morgan fingerprint density at radius 3 is 2.78 bits per heavy atom. The SMILES string of the molecule is CC1(c2ccc(Cl)cc2Cl)NC(=O)N(CC(O)COCc2cccs2)C1=O. The van der Waals surface area contributed by atoms with Crippen LogP contribution in [0.3, 0.4) is 0 Å². The van der Waals surface area contributed by atoms with Crippen molar-refractivity contribution in [1.29, 1.82) is 0 Å². The fourth-order valence-electron chi connectivity index (χ4n) is 2.89. The van der Waals surface area contributed by atoms with Gasteiger partial charge in [-0.1, -0.05) is 35.3 Å². The lowest BCUT2D eigenvalue weighted by Crippen LogP contribution is -2.42. The standard InChI is InChI=1S/C18H18Cl2N2O4S/c1-18(14-5-4-11(19)7-15(14)20)16(24)22(17(25)21-18)8-12(23)9-26-10-13-3-2-6-27-13/h2-7,12,23H,8-10H2,1H3,(H,21,25). The van der Waals surface area contributed by atoms with E-state index < -0.39 is 23.6 Å². The summed E-state index contributed by atoms with van der Waals surface area (Å²) in [4.78, 5) is 27.2. The monoisotopic (exact) mass is 428 g/mol. The molecule has 27 heavy (non-hydrogen) atoms. The number of halogens is 2. The number of benzene rings is 1. The first kappa shape index (κ1) is 20.1. The molecule has 2 atom stereocenters. The van der Waals surface area contributed by atoms with Crippen molar-refractivity contribution < 1.29 is 19.4 Å². The van der Waals surface area contributed by atoms with Crippen LogP contribution in [0.2, 0.25) is 10.0 Å². The number of imide groups is 1. The molecule has 1 saturated heterocycles. The number of amides is 3. The van der Waals surface area contributed by atoms with Gasteiger partial charge in [0.25, 0.3) is 5.91 Å². The summed E-state index contributed by atoms with van der Waals surface area (Å²) in [6.07, 6.45) is -0.997. The molecule has 6 nitrogen and oxygen atoms in total. The van der Waals surface area contributed by atoms with Crippen LogP contribution < -0.4 is 5.32 Å². The van der Waals surface area contributed by atoms with Gasteiger partial charge in [-0.05, 0) is 30.5 Å². The average Bonchev–Trinajstić information content (AvgIpc) is 3.18. The van der Waals surface area contributed by atoms with E-state index in [0.29, 0.717) is 17.2 Å². The van der Waals surface area contributed by atoms with Crippen molar-refractivity contribution in [3.8, 4) is 0 Å². The second-order valence-electron chi connectivity index (χ2n) is 6.34. The summed E-state index contributed by atoms with van der Waals surface area (Å²) in [5.41, 5.74) is -0.881. The van der Waals surface area contributed by atoms with Crippen LogP contribution in [0.15, 0.2) is 35.7 Å². The van der Waals surface area contributed by atoms with Crippen molar-refractivity contribution in [3.63, 3.8) is 0 Å². The van der Waals surface area contributed by atoms with Crippen LogP contribution in [-0.2, 0) is 21.7 Å². The van der Waals surface area contributed by atoms with Gasteiger partial charge in [-0.3, -0.25) is 9.69 Å². The molecule has 1 fully saturated rings. The maximum absolute atomic E-state index is 12.9. The zero-order valence-electron chi connectivity index (χ0n) is 14.4. The number of hydrogen-bond donors (Lipinski definition) is 2. The molecule has 1 aromatic heterocycles. The van der Waals surface area contributed by atoms with Crippen LogP contribution in [0.5, 0.6) is 0 Å². The number of β-amino-alcohol motifs (C(OH)–C–C–N with tert-alkyl or cyclic N) is 1. The number of nitrogens with one attached hydrogen (secondary N) is 1. The van der Waals surface area contributed by atoms with Gasteiger partial charge in [-0.2, -0.15) is 0 Å². The molecule has 1 aromatic carbocycles. The Bertz CT molecular complexity index is 846. The maximum Gasteiger partial charge on any atom is 0.325 e. The Morgan fingerprint density at radius 2 is 2.11 bits per heavy atom. The van der Waals surface area contributed by atoms with E-state index >= 15 is 0 Å². The number of carbonyl (C=O) groups excluding carboxylic acids is 2. The van der Waals surface area contributed by atoms with Crippen molar-refractivity contribution in [2.24, 2.45) is 0 Å². The van der Waals surface area contributed by atoms with E-state index in [-0.39, 0.29) is 18.2 Å². The van der Waals surface area contributed by atoms with Gasteiger partial charge in [0, 0.05) is 20.5 Å². The van der Waals surface area contributed by atoms with Gasteiger partial charge >= 0.3 is 6.03 Å². The molecule has 0 bridgehead atoms. The van der Waals surface area contributed by atoms with Crippen LogP contribution in [0.25, 0.3) is 0 Å². The fraction of sp³-hybridized carbons (Fsp3) is 0.333. The molecule has 0 saturated carbocycles. The van der Waals surface area contributed by atoms with Crippen LogP contribution in [-0.4, -0.2) is 41.2 Å². The largest absolute Gasteiger partial charge is 0.389 e. The zero-order valence-corrected chi connectivity index (χ0v) is 16.8. The molecule has 0 radical (unpaired) electrons. The van der Waals surface area contributed by atoms with Crippen molar-refractivity contribution in [1.82, 2.24) is 10.2 Å². The Balaban J connectivity index is 1.64. The highest BCUT2D eigenvalue weighted by molar-refractivity contribution is 7.09. The molecular formula is C18H18Cl2N2O4S. The van der Waals surface area contributed by atoms with E-state index in [0.717, 1.165) is 9.78 Å². The van der Waals surface area contributed by atoms with Crippen molar-refractivity contribution in [2.75, 3.05) is 13.2 Å². The lowest BCUT2D eigenvalue weighted by Gasteiger charge is -2.24. The molecule has 2 heterocycles. The number of ether oxygens (including phenoxy) is 1. The van der Waals surface area contributed by atoms with Gasteiger partial charge in [0.2, 0.25) is 0 Å². The Hall–Kier alpha value is -1.64. The quantitative estimate of drug-likeness (QED) is 0.662. The summed E-state index contributed by atoms with van der Waals surface area (Å²) in [6.45, 7) is 1.78. The van der Waals surface area contributed by atoms with Gasteiger partial charge in [-0.25, -0.2) is 4.79 Å². The Labute approximate surface area is 170 Å². The minimum atomic E-state index is -1.32. The third kappa shape index (κ3) is 4.28.